The van der Waals surface area contributed by atoms with E-state index in [-0.39, 0.29) is 29.3 Å². The summed E-state index contributed by atoms with van der Waals surface area (Å²) in [7, 11) is 0. The number of aliphatic hydroxyl groups excluding tert-OH is 1. The maximum absolute atomic E-state index is 13.0. The van der Waals surface area contributed by atoms with Crippen LogP contribution < -0.4 is 0 Å². The van der Waals surface area contributed by atoms with Gasteiger partial charge in [0, 0.05) is 25.3 Å². The van der Waals surface area contributed by atoms with Gasteiger partial charge in [0.15, 0.2) is 0 Å². The van der Waals surface area contributed by atoms with E-state index in [4.69, 9.17) is 9.47 Å². The van der Waals surface area contributed by atoms with Crippen LogP contribution in [-0.2, 0) is 30.4 Å². The molecule has 33 heavy (non-hydrogen) atoms. The average Bonchev–Trinajstić information content (AvgIpc) is 2.84. The maximum atomic E-state index is 13.0. The first kappa shape index (κ1) is 23.5. The van der Waals surface area contributed by atoms with Gasteiger partial charge >= 0.3 is 5.97 Å². The number of carbonyl (C=O) groups is 2. The van der Waals surface area contributed by atoms with Crippen molar-refractivity contribution in [1.29, 1.82) is 0 Å². The fraction of sp³-hybridized carbons (Fsp3) is 0.385. The van der Waals surface area contributed by atoms with Crippen LogP contribution in [0, 0.1) is 0 Å². The Labute approximate surface area is 198 Å². The molecule has 1 atom stereocenters. The molecule has 0 bridgehead atoms. The number of nitrogens with zero attached hydrogens (tertiary/aromatic N) is 1. The van der Waals surface area contributed by atoms with Gasteiger partial charge in [0.1, 0.15) is 22.0 Å². The van der Waals surface area contributed by atoms with Gasteiger partial charge in [0.2, 0.25) is 0 Å². The minimum Gasteiger partial charge on any atom is -0.511 e. The van der Waals surface area contributed by atoms with E-state index >= 15 is 0 Å². The number of thioether (sulfide) groups is 1. The first-order valence-corrected chi connectivity index (χ1v) is 12.2. The molecule has 2 aromatic rings. The van der Waals surface area contributed by atoms with Crippen molar-refractivity contribution in [3.63, 3.8) is 0 Å². The molecule has 2 heterocycles. The van der Waals surface area contributed by atoms with Gasteiger partial charge < -0.3 is 14.6 Å². The third-order valence-corrected chi connectivity index (χ3v) is 7.19. The summed E-state index contributed by atoms with van der Waals surface area (Å²) in [5.41, 5.74) is 0.792. The zero-order valence-corrected chi connectivity index (χ0v) is 19.4. The Morgan fingerprint density at radius 1 is 1.03 bits per heavy atom. The van der Waals surface area contributed by atoms with Crippen molar-refractivity contribution in [2.75, 3.05) is 32.8 Å². The summed E-state index contributed by atoms with van der Waals surface area (Å²) in [5, 5.41) is 10.9. The second kappa shape index (κ2) is 11.0. The summed E-state index contributed by atoms with van der Waals surface area (Å²) in [4.78, 5) is 28.0. The topological polar surface area (TPSA) is 76.1 Å². The molecule has 6 nitrogen and oxygen atoms in total. The Kier molecular flexibility index (Phi) is 7.85. The number of Topliss-reactive ketones (excluding diaryl/α,β-unsaturated/α-hetero) is 1. The molecule has 0 aromatic heterocycles. The summed E-state index contributed by atoms with van der Waals surface area (Å²) < 4.78 is 11.4. The van der Waals surface area contributed by atoms with Crippen LogP contribution in [0.2, 0.25) is 0 Å². The van der Waals surface area contributed by atoms with Gasteiger partial charge in [-0.15, -0.1) is 11.8 Å². The van der Waals surface area contributed by atoms with Crippen LogP contribution in [-0.4, -0.2) is 54.6 Å². The zero-order chi connectivity index (χ0) is 23.1. The van der Waals surface area contributed by atoms with E-state index in [2.05, 4.69) is 4.90 Å². The lowest BCUT2D eigenvalue weighted by atomic mass is 9.83. The molecule has 1 saturated heterocycles. The average molecular weight is 468 g/mol. The minimum absolute atomic E-state index is 0.0247. The SMILES string of the molecule is O=C(CCC1(c2ccccc2)CC(O)=C(SCc2ccccc2)C(=O)O1)CN1CCOCC1. The number of ketones is 1. The number of aliphatic hydroxyl groups is 1. The van der Waals surface area contributed by atoms with Crippen molar-refractivity contribution in [3.05, 3.63) is 82.5 Å². The molecule has 1 unspecified atom stereocenters. The second-order valence-corrected chi connectivity index (χ2v) is 9.39. The third kappa shape index (κ3) is 6.05. The summed E-state index contributed by atoms with van der Waals surface area (Å²) in [6, 6.07) is 19.2. The van der Waals surface area contributed by atoms with Gasteiger partial charge in [-0.05, 0) is 17.5 Å². The number of hydrogen-bond donors (Lipinski definition) is 1. The standard InChI is InChI=1S/C26H29NO5S/c28-22(18-27-13-15-31-16-14-27)11-12-26(21-9-5-2-6-10-21)17-23(29)24(25(30)32-26)33-19-20-7-3-1-4-8-20/h1-10,29H,11-19H2. The highest BCUT2D eigenvalue weighted by molar-refractivity contribution is 8.03. The fourth-order valence-corrected chi connectivity index (χ4v) is 5.12. The van der Waals surface area contributed by atoms with E-state index < -0.39 is 11.6 Å². The molecular weight excluding hydrogens is 438 g/mol. The largest absolute Gasteiger partial charge is 0.511 e. The van der Waals surface area contributed by atoms with E-state index in [9.17, 15) is 14.7 Å². The molecule has 0 saturated carbocycles. The summed E-state index contributed by atoms with van der Waals surface area (Å²) in [6.07, 6.45) is 0.747. The number of ether oxygens (including phenoxy) is 2. The zero-order valence-electron chi connectivity index (χ0n) is 18.6. The highest BCUT2D eigenvalue weighted by Crippen LogP contribution is 2.44. The van der Waals surface area contributed by atoms with Crippen LogP contribution in [0.15, 0.2) is 71.3 Å². The summed E-state index contributed by atoms with van der Waals surface area (Å²) in [6.45, 7) is 3.14. The molecule has 0 aliphatic carbocycles. The number of esters is 1. The molecule has 2 aliphatic rings. The Balaban J connectivity index is 1.48. The number of cyclic esters (lactones) is 1. The van der Waals surface area contributed by atoms with Gasteiger partial charge in [-0.1, -0.05) is 60.7 Å². The van der Waals surface area contributed by atoms with Gasteiger partial charge in [-0.25, -0.2) is 4.79 Å². The lowest BCUT2D eigenvalue weighted by Crippen LogP contribution is -2.41. The van der Waals surface area contributed by atoms with E-state index in [1.807, 2.05) is 60.7 Å². The van der Waals surface area contributed by atoms with Gasteiger partial charge in [0.25, 0.3) is 0 Å². The van der Waals surface area contributed by atoms with Crippen molar-refractivity contribution in [1.82, 2.24) is 4.90 Å². The monoisotopic (exact) mass is 467 g/mol. The molecular formula is C26H29NO5S. The number of carbonyl (C=O) groups excluding carboxylic acids is 2. The maximum Gasteiger partial charge on any atom is 0.348 e. The first-order chi connectivity index (χ1) is 16.1. The highest BCUT2D eigenvalue weighted by Gasteiger charge is 2.43. The molecule has 0 amide bonds. The van der Waals surface area contributed by atoms with E-state index in [1.165, 1.54) is 11.8 Å². The lowest BCUT2D eigenvalue weighted by molar-refractivity contribution is -0.161. The van der Waals surface area contributed by atoms with Crippen LogP contribution in [0.25, 0.3) is 0 Å². The number of rotatable bonds is 9. The van der Waals surface area contributed by atoms with Gasteiger partial charge in [0.05, 0.1) is 26.2 Å². The van der Waals surface area contributed by atoms with Crippen LogP contribution in [0.5, 0.6) is 0 Å². The van der Waals surface area contributed by atoms with Crippen molar-refractivity contribution in [2.24, 2.45) is 0 Å². The number of hydrogen-bond acceptors (Lipinski definition) is 7. The molecule has 1 fully saturated rings. The Hall–Kier alpha value is -2.61. The van der Waals surface area contributed by atoms with Crippen molar-refractivity contribution in [2.45, 2.75) is 30.6 Å². The van der Waals surface area contributed by atoms with Crippen molar-refractivity contribution < 1.29 is 24.2 Å². The summed E-state index contributed by atoms with van der Waals surface area (Å²) >= 11 is 1.28. The predicted molar refractivity (Wildman–Crippen MR) is 128 cm³/mol. The molecule has 4 rings (SSSR count). The third-order valence-electron chi connectivity index (χ3n) is 6.03. The quantitative estimate of drug-likeness (QED) is 0.554. The molecule has 7 heteroatoms. The van der Waals surface area contributed by atoms with Crippen LogP contribution in [0.3, 0.4) is 0 Å². The molecule has 2 aliphatic heterocycles. The Bertz CT molecular complexity index is 988. The van der Waals surface area contributed by atoms with Crippen molar-refractivity contribution in [3.8, 4) is 0 Å². The lowest BCUT2D eigenvalue weighted by Gasteiger charge is -2.37. The Morgan fingerprint density at radius 3 is 2.36 bits per heavy atom. The van der Waals surface area contributed by atoms with E-state index in [1.54, 1.807) is 0 Å². The summed E-state index contributed by atoms with van der Waals surface area (Å²) in [5.74, 6) is 0.142. The molecule has 0 radical (unpaired) electrons. The highest BCUT2D eigenvalue weighted by atomic mass is 32.2. The van der Waals surface area contributed by atoms with Gasteiger partial charge in [-0.2, -0.15) is 0 Å². The van der Waals surface area contributed by atoms with Crippen LogP contribution >= 0.6 is 11.8 Å². The molecule has 0 spiro atoms. The van der Waals surface area contributed by atoms with Crippen molar-refractivity contribution >= 4 is 23.5 Å². The molecule has 1 N–H and O–H groups in total. The predicted octanol–water partition coefficient (Wildman–Crippen LogP) is 4.21. The van der Waals surface area contributed by atoms with Gasteiger partial charge in [-0.3, -0.25) is 9.69 Å². The smallest absolute Gasteiger partial charge is 0.348 e. The van der Waals surface area contributed by atoms with Crippen LogP contribution in [0.4, 0.5) is 0 Å². The van der Waals surface area contributed by atoms with E-state index in [0.29, 0.717) is 31.9 Å². The van der Waals surface area contributed by atoms with E-state index in [0.717, 1.165) is 24.2 Å². The second-order valence-electron chi connectivity index (χ2n) is 8.40. The van der Waals surface area contributed by atoms with Crippen LogP contribution in [0.1, 0.15) is 30.4 Å². The number of morpholine rings is 1. The molecule has 174 valence electrons. The Morgan fingerprint density at radius 2 is 1.70 bits per heavy atom. The normalized spacial score (nSPS) is 21.6. The molecule has 2 aromatic carbocycles. The minimum atomic E-state index is -1.06. The fourth-order valence-electron chi connectivity index (χ4n) is 4.22. The number of benzene rings is 2. The first-order valence-electron chi connectivity index (χ1n) is 11.3.